The molecule has 0 saturated carbocycles. The second kappa shape index (κ2) is 19.2. The van der Waals surface area contributed by atoms with Crippen molar-refractivity contribution in [3.8, 4) is 0 Å². The van der Waals surface area contributed by atoms with E-state index in [2.05, 4.69) is 13.8 Å². The van der Waals surface area contributed by atoms with Gasteiger partial charge in [0.25, 0.3) is 0 Å². The SMILES string of the molecule is CC(C)CCCCCCCCCCCCCCC(=O)[O-].[K+]. The van der Waals surface area contributed by atoms with Crippen molar-refractivity contribution in [2.45, 2.75) is 104 Å². The number of carboxylic acid groups (broad SMARTS) is 1. The molecule has 0 aliphatic rings. The Hall–Kier alpha value is 1.11. The van der Waals surface area contributed by atoms with Crippen molar-refractivity contribution in [1.82, 2.24) is 0 Å². The normalized spacial score (nSPS) is 10.6. The number of aliphatic carboxylic acids is 1. The molecule has 0 atom stereocenters. The molecule has 0 aromatic carbocycles. The van der Waals surface area contributed by atoms with Crippen molar-refractivity contribution in [2.75, 3.05) is 0 Å². The summed E-state index contributed by atoms with van der Waals surface area (Å²) in [5, 5.41) is 10.2. The maximum atomic E-state index is 10.2. The van der Waals surface area contributed by atoms with Gasteiger partial charge in [-0.3, -0.25) is 0 Å². The Kier molecular flexibility index (Phi) is 22.2. The minimum absolute atomic E-state index is 0. The van der Waals surface area contributed by atoms with E-state index < -0.39 is 5.97 Å². The van der Waals surface area contributed by atoms with Gasteiger partial charge in [-0.1, -0.05) is 90.9 Å². The number of hydrogen-bond donors (Lipinski definition) is 0. The van der Waals surface area contributed by atoms with Crippen LogP contribution in [0.4, 0.5) is 0 Å². The van der Waals surface area contributed by atoms with E-state index in [1.807, 2.05) is 0 Å². The molecule has 0 saturated heterocycles. The Balaban J connectivity index is 0. The largest absolute Gasteiger partial charge is 1.00 e. The van der Waals surface area contributed by atoms with Gasteiger partial charge in [0.15, 0.2) is 0 Å². The minimum atomic E-state index is -0.904. The van der Waals surface area contributed by atoms with Gasteiger partial charge in [0.2, 0.25) is 0 Å². The number of carbonyl (C=O) groups excluding carboxylic acids is 1. The molecule has 0 aliphatic heterocycles. The number of carbonyl (C=O) groups is 1. The minimum Gasteiger partial charge on any atom is -0.550 e. The Bertz CT molecular complexity index is 217. The molecule has 0 rings (SSSR count). The average Bonchev–Trinajstić information content (AvgIpc) is 2.38. The molecule has 0 radical (unpaired) electrons. The second-order valence-corrected chi connectivity index (χ2v) is 6.55. The van der Waals surface area contributed by atoms with E-state index in [1.165, 1.54) is 70.6 Å². The number of hydrogen-bond acceptors (Lipinski definition) is 2. The Morgan fingerprint density at radius 1 is 0.714 bits per heavy atom. The third-order valence-electron chi connectivity index (χ3n) is 3.91. The topological polar surface area (TPSA) is 40.1 Å². The molecule has 21 heavy (non-hydrogen) atoms. The molecular formula is C18H35KO2. The molecule has 0 aliphatic carbocycles. The number of unbranched alkanes of at least 4 members (excludes halogenated alkanes) is 11. The van der Waals surface area contributed by atoms with Gasteiger partial charge >= 0.3 is 51.4 Å². The molecule has 2 nitrogen and oxygen atoms in total. The van der Waals surface area contributed by atoms with Gasteiger partial charge < -0.3 is 9.90 Å². The number of carboxylic acids is 1. The van der Waals surface area contributed by atoms with E-state index in [-0.39, 0.29) is 57.8 Å². The molecule has 0 fully saturated rings. The molecular weight excluding hydrogens is 287 g/mol. The van der Waals surface area contributed by atoms with Crippen LogP contribution in [0.15, 0.2) is 0 Å². The first-order valence-electron chi connectivity index (χ1n) is 8.82. The van der Waals surface area contributed by atoms with Gasteiger partial charge in [0.1, 0.15) is 0 Å². The van der Waals surface area contributed by atoms with Crippen LogP contribution in [-0.2, 0) is 4.79 Å². The molecule has 0 aromatic heterocycles. The van der Waals surface area contributed by atoms with E-state index in [4.69, 9.17) is 0 Å². The zero-order valence-corrected chi connectivity index (χ0v) is 17.9. The third-order valence-corrected chi connectivity index (χ3v) is 3.91. The van der Waals surface area contributed by atoms with Gasteiger partial charge in [-0.25, -0.2) is 0 Å². The van der Waals surface area contributed by atoms with E-state index in [9.17, 15) is 9.90 Å². The fourth-order valence-corrected chi connectivity index (χ4v) is 2.59. The Labute approximate surface area is 175 Å². The van der Waals surface area contributed by atoms with Crippen LogP contribution in [0.1, 0.15) is 104 Å². The van der Waals surface area contributed by atoms with Crippen LogP contribution in [-0.4, -0.2) is 5.97 Å². The van der Waals surface area contributed by atoms with Crippen LogP contribution in [0.3, 0.4) is 0 Å². The summed E-state index contributed by atoms with van der Waals surface area (Å²) in [5.41, 5.74) is 0. The van der Waals surface area contributed by atoms with Crippen LogP contribution in [0.5, 0.6) is 0 Å². The molecule has 0 bridgehead atoms. The Morgan fingerprint density at radius 2 is 1.05 bits per heavy atom. The predicted molar refractivity (Wildman–Crippen MR) is 84.5 cm³/mol. The second-order valence-electron chi connectivity index (χ2n) is 6.55. The standard InChI is InChI=1S/C18H36O2.K/c1-17(2)15-13-11-9-7-5-3-4-6-8-10-12-14-16-18(19)20;/h17H,3-16H2,1-2H3,(H,19,20);/q;+1/p-1. The zero-order chi connectivity index (χ0) is 15.1. The summed E-state index contributed by atoms with van der Waals surface area (Å²) < 4.78 is 0. The summed E-state index contributed by atoms with van der Waals surface area (Å²) in [5.74, 6) is -0.0415. The monoisotopic (exact) mass is 322 g/mol. The summed E-state index contributed by atoms with van der Waals surface area (Å²) in [4.78, 5) is 10.2. The van der Waals surface area contributed by atoms with Crippen LogP contribution < -0.4 is 56.5 Å². The van der Waals surface area contributed by atoms with Crippen molar-refractivity contribution in [3.05, 3.63) is 0 Å². The van der Waals surface area contributed by atoms with Crippen LogP contribution in [0.25, 0.3) is 0 Å². The first-order valence-corrected chi connectivity index (χ1v) is 8.82. The number of rotatable bonds is 15. The van der Waals surface area contributed by atoms with Crippen molar-refractivity contribution in [1.29, 1.82) is 0 Å². The molecule has 0 aromatic rings. The molecule has 0 amide bonds. The van der Waals surface area contributed by atoms with E-state index >= 15 is 0 Å². The maximum Gasteiger partial charge on any atom is 1.00 e. The summed E-state index contributed by atoms with van der Waals surface area (Å²) in [6.45, 7) is 4.61. The zero-order valence-electron chi connectivity index (χ0n) is 14.8. The molecule has 0 N–H and O–H groups in total. The first-order chi connectivity index (χ1) is 9.63. The van der Waals surface area contributed by atoms with Gasteiger partial charge in [-0.15, -0.1) is 0 Å². The van der Waals surface area contributed by atoms with E-state index in [1.54, 1.807) is 0 Å². The summed E-state index contributed by atoms with van der Waals surface area (Å²) in [6, 6.07) is 0. The van der Waals surface area contributed by atoms with Gasteiger partial charge in [-0.05, 0) is 18.8 Å². The van der Waals surface area contributed by atoms with Crippen LogP contribution in [0, 0.1) is 5.92 Å². The summed E-state index contributed by atoms with van der Waals surface area (Å²) in [7, 11) is 0. The predicted octanol–water partition coefficient (Wildman–Crippen LogP) is 1.86. The molecule has 3 heteroatoms. The quantitative estimate of drug-likeness (QED) is 0.341. The first kappa shape index (κ1) is 24.4. The van der Waals surface area contributed by atoms with E-state index in [0.29, 0.717) is 0 Å². The van der Waals surface area contributed by atoms with E-state index in [0.717, 1.165) is 18.8 Å². The van der Waals surface area contributed by atoms with Gasteiger partial charge in [-0.2, -0.15) is 0 Å². The van der Waals surface area contributed by atoms with Gasteiger partial charge in [0.05, 0.1) is 0 Å². The summed E-state index contributed by atoms with van der Waals surface area (Å²) in [6.07, 6.45) is 17.0. The molecule has 0 heterocycles. The Morgan fingerprint density at radius 3 is 1.38 bits per heavy atom. The fourth-order valence-electron chi connectivity index (χ4n) is 2.59. The van der Waals surface area contributed by atoms with Gasteiger partial charge in [0, 0.05) is 5.97 Å². The fraction of sp³-hybridized carbons (Fsp3) is 0.944. The molecule has 0 spiro atoms. The van der Waals surface area contributed by atoms with Crippen LogP contribution >= 0.6 is 0 Å². The van der Waals surface area contributed by atoms with Crippen molar-refractivity contribution in [3.63, 3.8) is 0 Å². The maximum absolute atomic E-state index is 10.2. The third kappa shape index (κ3) is 23.5. The van der Waals surface area contributed by atoms with Crippen molar-refractivity contribution in [2.24, 2.45) is 5.92 Å². The smallest absolute Gasteiger partial charge is 0.550 e. The summed E-state index contributed by atoms with van der Waals surface area (Å²) >= 11 is 0. The van der Waals surface area contributed by atoms with Crippen molar-refractivity contribution < 1.29 is 61.3 Å². The molecule has 0 unspecified atom stereocenters. The van der Waals surface area contributed by atoms with Crippen molar-refractivity contribution >= 4 is 5.97 Å². The van der Waals surface area contributed by atoms with Crippen LogP contribution in [0.2, 0.25) is 0 Å². The molecule has 120 valence electrons. The average molecular weight is 323 g/mol.